The molecule has 0 saturated heterocycles. The molecule has 3 aromatic rings. The predicted molar refractivity (Wildman–Crippen MR) is 85.3 cm³/mol. The van der Waals surface area contributed by atoms with Crippen molar-refractivity contribution in [1.82, 2.24) is 9.38 Å². The van der Waals surface area contributed by atoms with Gasteiger partial charge in [-0.1, -0.05) is 24.3 Å². The number of anilines is 2. The number of hydrogen-bond donors (Lipinski definition) is 1. The molecular weight excluding hydrogens is 260 g/mol. The van der Waals surface area contributed by atoms with Crippen molar-refractivity contribution in [2.45, 2.75) is 25.4 Å². The number of benzene rings is 1. The second kappa shape index (κ2) is 4.81. The monoisotopic (exact) mass is 278 g/mol. The Bertz CT molecular complexity index is 773. The van der Waals surface area contributed by atoms with E-state index in [4.69, 9.17) is 5.73 Å². The van der Waals surface area contributed by atoms with Crippen molar-refractivity contribution in [2.75, 3.05) is 10.6 Å². The molecule has 0 amide bonds. The molecule has 1 aliphatic carbocycles. The summed E-state index contributed by atoms with van der Waals surface area (Å²) in [6.07, 6.45) is 6.37. The Balaban J connectivity index is 1.75. The molecule has 4 rings (SSSR count). The minimum absolute atomic E-state index is 0.609. The molecule has 4 heteroatoms. The molecule has 0 atom stereocenters. The van der Waals surface area contributed by atoms with Gasteiger partial charge in [0.1, 0.15) is 11.5 Å². The van der Waals surface area contributed by atoms with Crippen molar-refractivity contribution in [3.05, 3.63) is 60.4 Å². The molecule has 106 valence electrons. The topological polar surface area (TPSA) is 46.6 Å². The van der Waals surface area contributed by atoms with Crippen LogP contribution in [0.3, 0.4) is 0 Å². The minimum atomic E-state index is 0.609. The first kappa shape index (κ1) is 12.3. The van der Waals surface area contributed by atoms with E-state index in [1.165, 1.54) is 24.2 Å². The van der Waals surface area contributed by atoms with Gasteiger partial charge in [0.05, 0.1) is 0 Å². The van der Waals surface area contributed by atoms with Crippen LogP contribution in [0.15, 0.2) is 54.9 Å². The van der Waals surface area contributed by atoms with E-state index in [1.807, 2.05) is 30.6 Å². The standard InChI is InChI=1S/C17H18N4/c18-15-5-2-1-4-13(15)12-21(14-8-9-14)17-7-3-6-16-19-10-11-20(16)17/h1-7,10-11,14H,8-9,12,18H2. The van der Waals surface area contributed by atoms with Gasteiger partial charge in [-0.05, 0) is 36.6 Å². The normalized spacial score (nSPS) is 14.5. The Morgan fingerprint density at radius 2 is 2.00 bits per heavy atom. The third-order valence-corrected chi connectivity index (χ3v) is 4.08. The number of rotatable bonds is 4. The summed E-state index contributed by atoms with van der Waals surface area (Å²) < 4.78 is 2.15. The highest BCUT2D eigenvalue weighted by Crippen LogP contribution is 2.34. The van der Waals surface area contributed by atoms with Crippen molar-refractivity contribution >= 4 is 17.2 Å². The van der Waals surface area contributed by atoms with E-state index in [2.05, 4.69) is 38.6 Å². The smallest absolute Gasteiger partial charge is 0.138 e. The molecule has 2 aromatic heterocycles. The Kier molecular flexibility index (Phi) is 2.81. The van der Waals surface area contributed by atoms with Crippen LogP contribution < -0.4 is 10.6 Å². The fourth-order valence-electron chi connectivity index (χ4n) is 2.81. The molecule has 0 spiro atoms. The zero-order chi connectivity index (χ0) is 14.2. The lowest BCUT2D eigenvalue weighted by atomic mass is 10.1. The number of imidazole rings is 1. The summed E-state index contributed by atoms with van der Waals surface area (Å²) in [5, 5.41) is 0. The summed E-state index contributed by atoms with van der Waals surface area (Å²) in [5.41, 5.74) is 9.14. The molecule has 2 heterocycles. The van der Waals surface area contributed by atoms with Gasteiger partial charge in [0.25, 0.3) is 0 Å². The van der Waals surface area contributed by atoms with Gasteiger partial charge in [-0.3, -0.25) is 4.40 Å². The highest BCUT2D eigenvalue weighted by Gasteiger charge is 2.30. The second-order valence-corrected chi connectivity index (χ2v) is 5.60. The van der Waals surface area contributed by atoms with E-state index < -0.39 is 0 Å². The first-order valence-electron chi connectivity index (χ1n) is 7.35. The number of pyridine rings is 1. The summed E-state index contributed by atoms with van der Waals surface area (Å²) in [6, 6.07) is 15.0. The molecule has 1 fully saturated rings. The molecule has 1 aliphatic rings. The number of nitrogen functional groups attached to an aromatic ring is 1. The number of aromatic nitrogens is 2. The Hall–Kier alpha value is -2.49. The van der Waals surface area contributed by atoms with Crippen molar-refractivity contribution in [2.24, 2.45) is 0 Å². The molecule has 0 radical (unpaired) electrons. The molecule has 0 unspecified atom stereocenters. The number of para-hydroxylation sites is 1. The lowest BCUT2D eigenvalue weighted by Crippen LogP contribution is -2.27. The zero-order valence-electron chi connectivity index (χ0n) is 11.8. The van der Waals surface area contributed by atoms with E-state index >= 15 is 0 Å². The molecule has 0 bridgehead atoms. The fourth-order valence-corrected chi connectivity index (χ4v) is 2.81. The van der Waals surface area contributed by atoms with E-state index in [0.29, 0.717) is 6.04 Å². The highest BCUT2D eigenvalue weighted by atomic mass is 15.3. The Labute approximate surface area is 123 Å². The average molecular weight is 278 g/mol. The molecule has 0 aliphatic heterocycles. The van der Waals surface area contributed by atoms with Crippen molar-refractivity contribution in [1.29, 1.82) is 0 Å². The number of hydrogen-bond acceptors (Lipinski definition) is 3. The summed E-state index contributed by atoms with van der Waals surface area (Å²) >= 11 is 0. The maximum Gasteiger partial charge on any atom is 0.138 e. The van der Waals surface area contributed by atoms with Gasteiger partial charge >= 0.3 is 0 Å². The Morgan fingerprint density at radius 3 is 2.81 bits per heavy atom. The van der Waals surface area contributed by atoms with Gasteiger partial charge in [-0.25, -0.2) is 4.98 Å². The third kappa shape index (κ3) is 2.23. The maximum atomic E-state index is 6.11. The molecule has 4 nitrogen and oxygen atoms in total. The number of nitrogens with zero attached hydrogens (tertiary/aromatic N) is 3. The van der Waals surface area contributed by atoms with Crippen molar-refractivity contribution in [3.63, 3.8) is 0 Å². The van der Waals surface area contributed by atoms with Crippen LogP contribution in [0.5, 0.6) is 0 Å². The van der Waals surface area contributed by atoms with Gasteiger partial charge in [-0.15, -0.1) is 0 Å². The lowest BCUT2D eigenvalue weighted by Gasteiger charge is -2.26. The molecular formula is C17H18N4. The van der Waals surface area contributed by atoms with Crippen LogP contribution in [-0.4, -0.2) is 15.4 Å². The van der Waals surface area contributed by atoms with Crippen LogP contribution in [0.4, 0.5) is 11.5 Å². The van der Waals surface area contributed by atoms with Crippen molar-refractivity contribution < 1.29 is 0 Å². The zero-order valence-corrected chi connectivity index (χ0v) is 11.8. The van der Waals surface area contributed by atoms with Gasteiger partial charge < -0.3 is 10.6 Å². The fraction of sp³-hybridized carbons (Fsp3) is 0.235. The summed E-state index contributed by atoms with van der Waals surface area (Å²) in [6.45, 7) is 0.842. The average Bonchev–Trinajstić information content (AvgIpc) is 3.22. The van der Waals surface area contributed by atoms with Crippen LogP contribution in [-0.2, 0) is 6.54 Å². The predicted octanol–water partition coefficient (Wildman–Crippen LogP) is 3.09. The second-order valence-electron chi connectivity index (χ2n) is 5.60. The SMILES string of the molecule is Nc1ccccc1CN(c1cccc2nccn12)C1CC1. The quantitative estimate of drug-likeness (QED) is 0.746. The van der Waals surface area contributed by atoms with E-state index in [-0.39, 0.29) is 0 Å². The number of nitrogens with two attached hydrogens (primary N) is 1. The van der Waals surface area contributed by atoms with Gasteiger partial charge in [0.15, 0.2) is 0 Å². The maximum absolute atomic E-state index is 6.11. The minimum Gasteiger partial charge on any atom is -0.398 e. The first-order valence-corrected chi connectivity index (χ1v) is 7.35. The van der Waals surface area contributed by atoms with E-state index in [1.54, 1.807) is 0 Å². The molecule has 1 aromatic carbocycles. The van der Waals surface area contributed by atoms with E-state index in [9.17, 15) is 0 Å². The third-order valence-electron chi connectivity index (χ3n) is 4.08. The highest BCUT2D eigenvalue weighted by molar-refractivity contribution is 5.55. The molecule has 2 N–H and O–H groups in total. The lowest BCUT2D eigenvalue weighted by molar-refractivity contribution is 0.771. The number of fused-ring (bicyclic) bond motifs is 1. The largest absolute Gasteiger partial charge is 0.398 e. The summed E-state index contributed by atoms with van der Waals surface area (Å²) in [4.78, 5) is 6.82. The summed E-state index contributed by atoms with van der Waals surface area (Å²) in [7, 11) is 0. The van der Waals surface area contributed by atoms with Crippen LogP contribution >= 0.6 is 0 Å². The van der Waals surface area contributed by atoms with Crippen LogP contribution in [0.2, 0.25) is 0 Å². The van der Waals surface area contributed by atoms with Gasteiger partial charge in [-0.2, -0.15) is 0 Å². The Morgan fingerprint density at radius 1 is 1.14 bits per heavy atom. The van der Waals surface area contributed by atoms with Crippen LogP contribution in [0, 0.1) is 0 Å². The molecule has 21 heavy (non-hydrogen) atoms. The molecule has 1 saturated carbocycles. The van der Waals surface area contributed by atoms with Gasteiger partial charge in [0, 0.05) is 30.7 Å². The van der Waals surface area contributed by atoms with Crippen LogP contribution in [0.1, 0.15) is 18.4 Å². The summed E-state index contributed by atoms with van der Waals surface area (Å²) in [5.74, 6) is 1.19. The first-order chi connectivity index (χ1) is 10.3. The van der Waals surface area contributed by atoms with Gasteiger partial charge in [0.2, 0.25) is 0 Å². The van der Waals surface area contributed by atoms with E-state index in [0.717, 1.165) is 17.9 Å². The van der Waals surface area contributed by atoms with Crippen LogP contribution in [0.25, 0.3) is 5.65 Å². The van der Waals surface area contributed by atoms with Crippen molar-refractivity contribution in [3.8, 4) is 0 Å².